The third kappa shape index (κ3) is 3.14. The molecule has 0 aliphatic carbocycles. The Balaban J connectivity index is 1.57. The van der Waals surface area contributed by atoms with E-state index in [1.54, 1.807) is 31.6 Å². The van der Waals surface area contributed by atoms with Crippen molar-refractivity contribution in [3.63, 3.8) is 0 Å². The molecular weight excluding hydrogens is 362 g/mol. The van der Waals surface area contributed by atoms with Gasteiger partial charge in [-0.2, -0.15) is 0 Å². The first kappa shape index (κ1) is 18.2. The van der Waals surface area contributed by atoms with Crippen LogP contribution in [0.4, 0.5) is 10.6 Å². The Morgan fingerprint density at radius 2 is 2.07 bits per heavy atom. The minimum absolute atomic E-state index is 0.0409. The molecule has 0 atom stereocenters. The van der Waals surface area contributed by atoms with Gasteiger partial charge in [0.1, 0.15) is 17.7 Å². The molecule has 3 aromatic rings. The zero-order valence-electron chi connectivity index (χ0n) is 16.6. The number of aromatic nitrogens is 5. The number of pyridine rings is 1. The molecule has 0 bridgehead atoms. The van der Waals surface area contributed by atoms with E-state index < -0.39 is 5.60 Å². The molecule has 1 aliphatic rings. The molecule has 0 N–H and O–H groups in total. The van der Waals surface area contributed by atoms with Gasteiger partial charge in [-0.1, -0.05) is 0 Å². The molecule has 0 unspecified atom stereocenters. The largest absolute Gasteiger partial charge is 0.495 e. The van der Waals surface area contributed by atoms with Gasteiger partial charge in [0.05, 0.1) is 24.9 Å². The highest BCUT2D eigenvalue weighted by atomic mass is 16.6. The number of fused-ring (bicyclic) bond motifs is 3. The number of carbonyl (C=O) groups excluding carboxylic acids is 1. The Kier molecular flexibility index (Phi) is 4.20. The zero-order valence-corrected chi connectivity index (χ0v) is 16.6. The van der Waals surface area contributed by atoms with Gasteiger partial charge in [-0.25, -0.2) is 14.8 Å². The van der Waals surface area contributed by atoms with Crippen LogP contribution in [0.5, 0.6) is 5.75 Å². The highest BCUT2D eigenvalue weighted by Crippen LogP contribution is 2.28. The molecule has 1 aliphatic heterocycles. The molecule has 148 valence electrons. The maximum absolute atomic E-state index is 12.3. The first-order valence-electron chi connectivity index (χ1n) is 9.01. The van der Waals surface area contributed by atoms with Gasteiger partial charge in [0.15, 0.2) is 11.5 Å². The summed E-state index contributed by atoms with van der Waals surface area (Å²) in [7, 11) is 3.35. The van der Waals surface area contributed by atoms with Gasteiger partial charge in [-0.3, -0.25) is 4.40 Å². The number of hydrogen-bond acceptors (Lipinski definition) is 8. The Hall–Kier alpha value is -3.17. The highest BCUT2D eigenvalue weighted by Gasteiger charge is 2.36. The second-order valence-corrected chi connectivity index (χ2v) is 7.83. The van der Waals surface area contributed by atoms with Gasteiger partial charge in [0.2, 0.25) is 5.65 Å². The second-order valence-electron chi connectivity index (χ2n) is 7.83. The monoisotopic (exact) mass is 385 g/mol. The van der Waals surface area contributed by atoms with Gasteiger partial charge in [0.25, 0.3) is 0 Å². The van der Waals surface area contributed by atoms with Crippen molar-refractivity contribution in [1.82, 2.24) is 29.5 Å². The summed E-state index contributed by atoms with van der Waals surface area (Å²) in [6.45, 7) is 6.83. The molecule has 1 fully saturated rings. The molecule has 10 heteroatoms. The lowest BCUT2D eigenvalue weighted by Crippen LogP contribution is -2.60. The van der Waals surface area contributed by atoms with E-state index >= 15 is 0 Å². The number of likely N-dealkylation sites (N-methyl/N-ethyl adjacent to an activating group) is 1. The number of carbonyl (C=O) groups is 1. The van der Waals surface area contributed by atoms with Gasteiger partial charge in [0, 0.05) is 26.2 Å². The zero-order chi connectivity index (χ0) is 20.1. The van der Waals surface area contributed by atoms with Crippen LogP contribution in [0.2, 0.25) is 0 Å². The van der Waals surface area contributed by atoms with Gasteiger partial charge >= 0.3 is 6.09 Å². The third-order valence-corrected chi connectivity index (χ3v) is 4.67. The van der Waals surface area contributed by atoms with Crippen LogP contribution in [0.25, 0.3) is 16.8 Å². The third-order valence-electron chi connectivity index (χ3n) is 4.67. The second kappa shape index (κ2) is 6.47. The number of nitrogens with zero attached hydrogens (tertiary/aromatic N) is 7. The van der Waals surface area contributed by atoms with Crippen molar-refractivity contribution in [2.75, 3.05) is 32.1 Å². The summed E-state index contributed by atoms with van der Waals surface area (Å²) >= 11 is 0. The number of rotatable bonds is 3. The van der Waals surface area contributed by atoms with E-state index in [0.717, 1.165) is 5.52 Å². The minimum atomic E-state index is -0.519. The molecule has 0 saturated carbocycles. The Morgan fingerprint density at radius 3 is 2.75 bits per heavy atom. The van der Waals surface area contributed by atoms with Crippen LogP contribution >= 0.6 is 0 Å². The highest BCUT2D eigenvalue weighted by molar-refractivity contribution is 5.81. The molecule has 0 spiro atoms. The van der Waals surface area contributed by atoms with Gasteiger partial charge < -0.3 is 19.3 Å². The fraction of sp³-hybridized carbons (Fsp3) is 0.500. The van der Waals surface area contributed by atoms with Crippen LogP contribution in [0, 0.1) is 0 Å². The normalized spacial score (nSPS) is 15.0. The van der Waals surface area contributed by atoms with Crippen LogP contribution in [0.15, 0.2) is 18.6 Å². The number of amides is 1. The van der Waals surface area contributed by atoms with Crippen molar-refractivity contribution in [3.05, 3.63) is 18.6 Å². The van der Waals surface area contributed by atoms with E-state index in [0.29, 0.717) is 36.0 Å². The number of anilines is 1. The molecule has 1 saturated heterocycles. The van der Waals surface area contributed by atoms with Gasteiger partial charge in [-0.15, -0.1) is 10.2 Å². The van der Waals surface area contributed by atoms with Crippen molar-refractivity contribution in [3.8, 4) is 5.75 Å². The summed E-state index contributed by atoms with van der Waals surface area (Å²) in [6.07, 6.45) is 2.93. The van der Waals surface area contributed by atoms with Crippen molar-refractivity contribution in [1.29, 1.82) is 0 Å². The molecule has 4 heterocycles. The molecular formula is C18H23N7O3. The fourth-order valence-electron chi connectivity index (χ4n) is 3.08. The van der Waals surface area contributed by atoms with Crippen LogP contribution in [0.3, 0.4) is 0 Å². The van der Waals surface area contributed by atoms with Crippen LogP contribution in [0.1, 0.15) is 20.8 Å². The van der Waals surface area contributed by atoms with E-state index in [9.17, 15) is 4.79 Å². The lowest BCUT2D eigenvalue weighted by atomic mass is 10.1. The van der Waals surface area contributed by atoms with Gasteiger partial charge in [-0.05, 0) is 20.8 Å². The lowest BCUT2D eigenvalue weighted by Gasteiger charge is -2.44. The molecule has 10 nitrogen and oxygen atoms in total. The van der Waals surface area contributed by atoms with E-state index in [-0.39, 0.29) is 12.1 Å². The number of methoxy groups -OCH3 is 1. The average molecular weight is 385 g/mol. The summed E-state index contributed by atoms with van der Waals surface area (Å²) in [5, 5.41) is 8.24. The Bertz CT molecular complexity index is 1040. The van der Waals surface area contributed by atoms with Crippen molar-refractivity contribution in [2.24, 2.45) is 0 Å². The quantitative estimate of drug-likeness (QED) is 0.672. The van der Waals surface area contributed by atoms with Crippen LogP contribution < -0.4 is 9.64 Å². The summed E-state index contributed by atoms with van der Waals surface area (Å²) in [5.74, 6) is 1.33. The molecule has 0 aromatic carbocycles. The number of ether oxygens (including phenoxy) is 2. The first-order chi connectivity index (χ1) is 13.3. The minimum Gasteiger partial charge on any atom is -0.495 e. The summed E-state index contributed by atoms with van der Waals surface area (Å²) in [4.78, 5) is 25.0. The van der Waals surface area contributed by atoms with Crippen molar-refractivity contribution >= 4 is 28.7 Å². The first-order valence-corrected chi connectivity index (χ1v) is 9.01. The predicted molar refractivity (Wildman–Crippen MR) is 103 cm³/mol. The predicted octanol–water partition coefficient (Wildman–Crippen LogP) is 1.74. The molecule has 4 rings (SSSR count). The van der Waals surface area contributed by atoms with E-state index in [1.165, 1.54) is 0 Å². The molecule has 0 radical (unpaired) electrons. The Labute approximate surface area is 162 Å². The maximum atomic E-state index is 12.3. The lowest BCUT2D eigenvalue weighted by molar-refractivity contribution is 0.0197. The topological polar surface area (TPSA) is 98.0 Å². The SMILES string of the molecule is COc1cnc2nc(N3CC(N(C)C(=O)OC(C)(C)C)C3)c3nncn3c2c1. The smallest absolute Gasteiger partial charge is 0.410 e. The van der Waals surface area contributed by atoms with E-state index in [1.807, 2.05) is 31.2 Å². The Morgan fingerprint density at radius 1 is 1.32 bits per heavy atom. The summed E-state index contributed by atoms with van der Waals surface area (Å²) in [5.41, 5.74) is 1.47. The van der Waals surface area contributed by atoms with E-state index in [4.69, 9.17) is 9.47 Å². The summed E-state index contributed by atoms with van der Waals surface area (Å²) in [6, 6.07) is 1.89. The van der Waals surface area contributed by atoms with Crippen LogP contribution in [-0.4, -0.2) is 74.4 Å². The standard InChI is InChI=1S/C18H23N7O3/c1-18(2,3)28-17(26)23(4)11-8-24(9-11)15-16-22-20-10-25(16)13-6-12(27-5)7-19-14(13)21-15/h6-7,10-11H,8-9H2,1-5H3. The fourth-order valence-corrected chi connectivity index (χ4v) is 3.08. The van der Waals surface area contributed by atoms with Crippen LogP contribution in [-0.2, 0) is 4.74 Å². The number of hydrogen-bond donors (Lipinski definition) is 0. The molecule has 28 heavy (non-hydrogen) atoms. The molecule has 3 aromatic heterocycles. The average Bonchev–Trinajstić information content (AvgIpc) is 3.08. The van der Waals surface area contributed by atoms with E-state index in [2.05, 4.69) is 25.1 Å². The maximum Gasteiger partial charge on any atom is 0.410 e. The molecule has 1 amide bonds. The van der Waals surface area contributed by atoms with Crippen molar-refractivity contribution < 1.29 is 14.3 Å². The van der Waals surface area contributed by atoms with Crippen molar-refractivity contribution in [2.45, 2.75) is 32.4 Å². The summed E-state index contributed by atoms with van der Waals surface area (Å²) < 4.78 is 12.5.